The van der Waals surface area contributed by atoms with E-state index in [2.05, 4.69) is 17.2 Å². The molecule has 0 atom stereocenters. The van der Waals surface area contributed by atoms with Crippen molar-refractivity contribution in [1.29, 1.82) is 0 Å². The lowest BCUT2D eigenvalue weighted by atomic mass is 10.2. The van der Waals surface area contributed by atoms with Gasteiger partial charge in [0.1, 0.15) is 11.3 Å². The molecular weight excluding hydrogens is 254 g/mol. The SMILES string of the molecule is CCCCNC(=O)COc1ccc(N)c2cccnc12. The van der Waals surface area contributed by atoms with Crippen LogP contribution < -0.4 is 15.8 Å². The van der Waals surface area contributed by atoms with Crippen LogP contribution >= 0.6 is 0 Å². The van der Waals surface area contributed by atoms with E-state index in [9.17, 15) is 4.79 Å². The van der Waals surface area contributed by atoms with Gasteiger partial charge in [-0.15, -0.1) is 0 Å². The van der Waals surface area contributed by atoms with Crippen LogP contribution in [0.2, 0.25) is 0 Å². The number of carbonyl (C=O) groups is 1. The van der Waals surface area contributed by atoms with Crippen LogP contribution in [0.4, 0.5) is 5.69 Å². The van der Waals surface area contributed by atoms with Crippen LogP contribution in [-0.4, -0.2) is 24.0 Å². The van der Waals surface area contributed by atoms with E-state index in [0.717, 1.165) is 18.2 Å². The first-order chi connectivity index (χ1) is 9.72. The van der Waals surface area contributed by atoms with Gasteiger partial charge in [0.25, 0.3) is 5.91 Å². The molecule has 0 aliphatic rings. The Morgan fingerprint density at radius 3 is 3.05 bits per heavy atom. The summed E-state index contributed by atoms with van der Waals surface area (Å²) in [6, 6.07) is 7.20. The summed E-state index contributed by atoms with van der Waals surface area (Å²) < 4.78 is 5.54. The Morgan fingerprint density at radius 1 is 1.40 bits per heavy atom. The Hall–Kier alpha value is -2.30. The Bertz CT molecular complexity index is 599. The summed E-state index contributed by atoms with van der Waals surface area (Å²) in [6.45, 7) is 2.74. The molecule has 0 aliphatic carbocycles. The van der Waals surface area contributed by atoms with Gasteiger partial charge in [0, 0.05) is 23.8 Å². The highest BCUT2D eigenvalue weighted by Gasteiger charge is 2.08. The van der Waals surface area contributed by atoms with Crippen molar-refractivity contribution in [3.05, 3.63) is 30.5 Å². The van der Waals surface area contributed by atoms with E-state index in [-0.39, 0.29) is 12.5 Å². The second-order valence-electron chi connectivity index (χ2n) is 4.54. The van der Waals surface area contributed by atoms with Gasteiger partial charge in [0.05, 0.1) is 0 Å². The molecule has 2 rings (SSSR count). The molecule has 2 aromatic rings. The fourth-order valence-corrected chi connectivity index (χ4v) is 1.88. The number of unbranched alkanes of at least 4 members (excludes halogenated alkanes) is 1. The zero-order valence-electron chi connectivity index (χ0n) is 11.6. The Morgan fingerprint density at radius 2 is 2.25 bits per heavy atom. The molecule has 3 N–H and O–H groups in total. The van der Waals surface area contributed by atoms with Gasteiger partial charge in [-0.1, -0.05) is 13.3 Å². The maximum atomic E-state index is 11.6. The van der Waals surface area contributed by atoms with Crippen molar-refractivity contribution in [2.24, 2.45) is 0 Å². The number of amides is 1. The van der Waals surface area contributed by atoms with E-state index in [4.69, 9.17) is 10.5 Å². The van der Waals surface area contributed by atoms with Gasteiger partial charge in [-0.25, -0.2) is 0 Å². The van der Waals surface area contributed by atoms with Crippen molar-refractivity contribution < 1.29 is 9.53 Å². The summed E-state index contributed by atoms with van der Waals surface area (Å²) >= 11 is 0. The topological polar surface area (TPSA) is 77.2 Å². The first kappa shape index (κ1) is 14.1. The van der Waals surface area contributed by atoms with Crippen molar-refractivity contribution in [2.45, 2.75) is 19.8 Å². The lowest BCUT2D eigenvalue weighted by Gasteiger charge is -2.10. The number of nitrogens with one attached hydrogen (secondary N) is 1. The molecule has 0 fully saturated rings. The number of anilines is 1. The van der Waals surface area contributed by atoms with Gasteiger partial charge in [0.15, 0.2) is 6.61 Å². The maximum Gasteiger partial charge on any atom is 0.257 e. The summed E-state index contributed by atoms with van der Waals surface area (Å²) in [6.07, 6.45) is 3.70. The van der Waals surface area contributed by atoms with Crippen LogP contribution in [-0.2, 0) is 4.79 Å². The number of pyridine rings is 1. The highest BCUT2D eigenvalue weighted by molar-refractivity contribution is 5.94. The highest BCUT2D eigenvalue weighted by Crippen LogP contribution is 2.27. The molecule has 1 aromatic carbocycles. The Labute approximate surface area is 118 Å². The number of hydrogen-bond acceptors (Lipinski definition) is 4. The van der Waals surface area contributed by atoms with Crippen LogP contribution in [0, 0.1) is 0 Å². The lowest BCUT2D eigenvalue weighted by molar-refractivity contribution is -0.123. The van der Waals surface area contributed by atoms with Crippen molar-refractivity contribution in [3.8, 4) is 5.75 Å². The van der Waals surface area contributed by atoms with Crippen LogP contribution in [0.3, 0.4) is 0 Å². The first-order valence-electron chi connectivity index (χ1n) is 6.75. The van der Waals surface area contributed by atoms with Crippen LogP contribution in [0.5, 0.6) is 5.75 Å². The molecule has 1 heterocycles. The van der Waals surface area contributed by atoms with E-state index in [1.165, 1.54) is 0 Å². The summed E-state index contributed by atoms with van der Waals surface area (Å²) in [5.41, 5.74) is 7.21. The molecule has 1 aromatic heterocycles. The van der Waals surface area contributed by atoms with E-state index in [1.54, 1.807) is 18.3 Å². The minimum absolute atomic E-state index is 0.0146. The Balaban J connectivity index is 2.03. The standard InChI is InChI=1S/C15H19N3O2/c1-2-3-8-17-14(19)10-20-13-7-6-12(16)11-5-4-9-18-15(11)13/h4-7,9H,2-3,8,10,16H2,1H3,(H,17,19). The molecule has 1 amide bonds. The third-order valence-electron chi connectivity index (χ3n) is 2.98. The van der Waals surface area contributed by atoms with Gasteiger partial charge < -0.3 is 15.8 Å². The smallest absolute Gasteiger partial charge is 0.257 e. The second-order valence-corrected chi connectivity index (χ2v) is 4.54. The van der Waals surface area contributed by atoms with Gasteiger partial charge in [-0.3, -0.25) is 9.78 Å². The molecule has 0 bridgehead atoms. The molecule has 5 heteroatoms. The van der Waals surface area contributed by atoms with E-state index >= 15 is 0 Å². The normalized spacial score (nSPS) is 10.4. The number of rotatable bonds is 6. The number of aromatic nitrogens is 1. The predicted molar refractivity (Wildman–Crippen MR) is 79.6 cm³/mol. The van der Waals surface area contributed by atoms with Crippen LogP contribution in [0.25, 0.3) is 10.9 Å². The van der Waals surface area contributed by atoms with Crippen molar-refractivity contribution in [3.63, 3.8) is 0 Å². The number of carbonyl (C=O) groups excluding carboxylic acids is 1. The zero-order valence-corrected chi connectivity index (χ0v) is 11.6. The molecule has 0 aliphatic heterocycles. The fraction of sp³-hybridized carbons (Fsp3) is 0.333. The van der Waals surface area contributed by atoms with Gasteiger partial charge in [-0.05, 0) is 30.7 Å². The molecule has 5 nitrogen and oxygen atoms in total. The number of nitrogens with zero attached hydrogens (tertiary/aromatic N) is 1. The number of ether oxygens (including phenoxy) is 1. The third-order valence-corrected chi connectivity index (χ3v) is 2.98. The molecule has 0 radical (unpaired) electrons. The monoisotopic (exact) mass is 273 g/mol. The number of hydrogen-bond donors (Lipinski definition) is 2. The molecular formula is C15H19N3O2. The molecule has 106 valence electrons. The van der Waals surface area contributed by atoms with E-state index in [1.807, 2.05) is 12.1 Å². The number of nitrogen functional groups attached to an aromatic ring is 1. The van der Waals surface area contributed by atoms with Crippen molar-refractivity contribution in [2.75, 3.05) is 18.9 Å². The fourth-order valence-electron chi connectivity index (χ4n) is 1.88. The average molecular weight is 273 g/mol. The highest BCUT2D eigenvalue weighted by atomic mass is 16.5. The van der Waals surface area contributed by atoms with Gasteiger partial charge >= 0.3 is 0 Å². The number of benzene rings is 1. The quantitative estimate of drug-likeness (QED) is 0.624. The minimum Gasteiger partial charge on any atom is -0.481 e. The van der Waals surface area contributed by atoms with Gasteiger partial charge in [-0.2, -0.15) is 0 Å². The molecule has 0 spiro atoms. The molecule has 20 heavy (non-hydrogen) atoms. The van der Waals surface area contributed by atoms with Crippen LogP contribution in [0.15, 0.2) is 30.5 Å². The molecule has 0 unspecified atom stereocenters. The molecule has 0 saturated carbocycles. The summed E-state index contributed by atoms with van der Waals surface area (Å²) in [4.78, 5) is 15.9. The number of fused-ring (bicyclic) bond motifs is 1. The van der Waals surface area contributed by atoms with Crippen LogP contribution in [0.1, 0.15) is 19.8 Å². The summed E-state index contributed by atoms with van der Waals surface area (Å²) in [5, 5.41) is 3.63. The number of nitrogens with two attached hydrogens (primary N) is 1. The van der Waals surface area contributed by atoms with Crippen molar-refractivity contribution >= 4 is 22.5 Å². The lowest BCUT2D eigenvalue weighted by Crippen LogP contribution is -2.29. The largest absolute Gasteiger partial charge is 0.481 e. The van der Waals surface area contributed by atoms with Crippen molar-refractivity contribution in [1.82, 2.24) is 10.3 Å². The minimum atomic E-state index is -0.126. The van der Waals surface area contributed by atoms with E-state index < -0.39 is 0 Å². The maximum absolute atomic E-state index is 11.6. The predicted octanol–water partition coefficient (Wildman–Crippen LogP) is 2.11. The average Bonchev–Trinajstić information content (AvgIpc) is 2.47. The zero-order chi connectivity index (χ0) is 14.4. The first-order valence-corrected chi connectivity index (χ1v) is 6.75. The summed E-state index contributed by atoms with van der Waals surface area (Å²) in [5.74, 6) is 0.444. The summed E-state index contributed by atoms with van der Waals surface area (Å²) in [7, 11) is 0. The van der Waals surface area contributed by atoms with Gasteiger partial charge in [0.2, 0.25) is 0 Å². The second kappa shape index (κ2) is 6.75. The molecule has 0 saturated heterocycles. The Kier molecular flexibility index (Phi) is 4.76. The third kappa shape index (κ3) is 3.38. The van der Waals surface area contributed by atoms with E-state index in [0.29, 0.717) is 23.5 Å².